The lowest BCUT2D eigenvalue weighted by molar-refractivity contribution is 0.215. The Morgan fingerprint density at radius 1 is 0.929 bits per heavy atom. The number of aliphatic hydroxyl groups is 2. The van der Waals surface area contributed by atoms with Crippen LogP contribution in [0.5, 0.6) is 0 Å². The Labute approximate surface area is 83.2 Å². The molecule has 2 heteroatoms. The standard InChI is InChI=1S/C12H10O2/c1-3-11(13)9-7-5-6-8-10(9)12(14)4-2/h1-2,5-8,11-14H/t11-,12-/m0/s1. The summed E-state index contributed by atoms with van der Waals surface area (Å²) >= 11 is 0. The third-order valence-electron chi connectivity index (χ3n) is 1.90. The van der Waals surface area contributed by atoms with E-state index in [9.17, 15) is 10.2 Å². The highest BCUT2D eigenvalue weighted by molar-refractivity contribution is 5.36. The van der Waals surface area contributed by atoms with Gasteiger partial charge < -0.3 is 10.2 Å². The van der Waals surface area contributed by atoms with Crippen LogP contribution in [0.1, 0.15) is 23.3 Å². The van der Waals surface area contributed by atoms with Crippen molar-refractivity contribution in [1.29, 1.82) is 0 Å². The molecule has 0 fully saturated rings. The van der Waals surface area contributed by atoms with Crippen molar-refractivity contribution in [1.82, 2.24) is 0 Å². The molecule has 0 heterocycles. The summed E-state index contributed by atoms with van der Waals surface area (Å²) in [6, 6.07) is 6.73. The summed E-state index contributed by atoms with van der Waals surface area (Å²) in [7, 11) is 0. The van der Waals surface area contributed by atoms with E-state index in [2.05, 4.69) is 11.8 Å². The third-order valence-corrected chi connectivity index (χ3v) is 1.90. The lowest BCUT2D eigenvalue weighted by atomic mass is 9.99. The zero-order valence-corrected chi connectivity index (χ0v) is 7.51. The van der Waals surface area contributed by atoms with Gasteiger partial charge in [-0.2, -0.15) is 0 Å². The average Bonchev–Trinajstić information content (AvgIpc) is 2.27. The predicted octanol–water partition coefficient (Wildman–Crippen LogP) is 1.02. The molecule has 0 aliphatic carbocycles. The molecule has 2 nitrogen and oxygen atoms in total. The van der Waals surface area contributed by atoms with Crippen molar-refractivity contribution in [3.8, 4) is 24.7 Å². The van der Waals surface area contributed by atoms with Gasteiger partial charge in [0.2, 0.25) is 0 Å². The lowest BCUT2D eigenvalue weighted by Crippen LogP contribution is -2.03. The molecule has 0 aliphatic rings. The quantitative estimate of drug-likeness (QED) is 0.677. The number of terminal acetylenes is 2. The molecule has 1 aromatic carbocycles. The highest BCUT2D eigenvalue weighted by Crippen LogP contribution is 2.22. The highest BCUT2D eigenvalue weighted by atomic mass is 16.3. The molecular formula is C12H10O2. The van der Waals surface area contributed by atoms with Crippen LogP contribution in [0.15, 0.2) is 24.3 Å². The molecule has 1 aromatic rings. The normalized spacial score (nSPS) is 13.7. The Morgan fingerprint density at radius 2 is 1.29 bits per heavy atom. The van der Waals surface area contributed by atoms with Crippen molar-refractivity contribution in [2.45, 2.75) is 12.2 Å². The molecule has 0 unspecified atom stereocenters. The number of hydrogen-bond donors (Lipinski definition) is 2. The van der Waals surface area contributed by atoms with Crippen molar-refractivity contribution in [3.05, 3.63) is 35.4 Å². The monoisotopic (exact) mass is 186 g/mol. The first-order valence-electron chi connectivity index (χ1n) is 4.08. The SMILES string of the molecule is C#C[C@H](O)c1ccccc1[C@@H](O)C#C. The Hall–Kier alpha value is -1.74. The minimum Gasteiger partial charge on any atom is -0.376 e. The maximum Gasteiger partial charge on any atom is 0.140 e. The van der Waals surface area contributed by atoms with E-state index in [0.29, 0.717) is 11.1 Å². The van der Waals surface area contributed by atoms with E-state index in [-0.39, 0.29) is 0 Å². The molecule has 0 saturated carbocycles. The summed E-state index contributed by atoms with van der Waals surface area (Å²) in [5, 5.41) is 18.9. The van der Waals surface area contributed by atoms with Gasteiger partial charge in [-0.05, 0) is 11.1 Å². The van der Waals surface area contributed by atoms with Crippen LogP contribution in [0.4, 0.5) is 0 Å². The fourth-order valence-electron chi connectivity index (χ4n) is 1.19. The largest absolute Gasteiger partial charge is 0.376 e. The van der Waals surface area contributed by atoms with E-state index in [1.54, 1.807) is 24.3 Å². The minimum absolute atomic E-state index is 0.473. The van der Waals surface area contributed by atoms with E-state index >= 15 is 0 Å². The van der Waals surface area contributed by atoms with Gasteiger partial charge in [0.15, 0.2) is 0 Å². The van der Waals surface area contributed by atoms with Crippen LogP contribution in [0.3, 0.4) is 0 Å². The molecule has 2 atom stereocenters. The molecule has 70 valence electrons. The van der Waals surface area contributed by atoms with Gasteiger partial charge in [0, 0.05) is 0 Å². The molecule has 0 aromatic heterocycles. The average molecular weight is 186 g/mol. The first-order valence-corrected chi connectivity index (χ1v) is 4.08. The van der Waals surface area contributed by atoms with Crippen molar-refractivity contribution in [3.63, 3.8) is 0 Å². The number of rotatable bonds is 2. The van der Waals surface area contributed by atoms with Gasteiger partial charge in [-0.3, -0.25) is 0 Å². The van der Waals surface area contributed by atoms with E-state index in [4.69, 9.17) is 12.8 Å². The van der Waals surface area contributed by atoms with Crippen molar-refractivity contribution in [2.75, 3.05) is 0 Å². The summed E-state index contributed by atoms with van der Waals surface area (Å²) in [6.07, 6.45) is 8.10. The molecule has 0 aliphatic heterocycles. The fraction of sp³-hybridized carbons (Fsp3) is 0.167. The van der Waals surface area contributed by atoms with Gasteiger partial charge in [-0.1, -0.05) is 36.1 Å². The zero-order chi connectivity index (χ0) is 10.6. The van der Waals surface area contributed by atoms with Gasteiger partial charge in [0.05, 0.1) is 0 Å². The van der Waals surface area contributed by atoms with Crippen LogP contribution in [0, 0.1) is 24.7 Å². The topological polar surface area (TPSA) is 40.5 Å². The van der Waals surface area contributed by atoms with Crippen LogP contribution in [0.25, 0.3) is 0 Å². The van der Waals surface area contributed by atoms with Gasteiger partial charge in [0.25, 0.3) is 0 Å². The van der Waals surface area contributed by atoms with Crippen molar-refractivity contribution < 1.29 is 10.2 Å². The zero-order valence-electron chi connectivity index (χ0n) is 7.51. The van der Waals surface area contributed by atoms with Crippen LogP contribution in [-0.4, -0.2) is 10.2 Å². The van der Waals surface area contributed by atoms with E-state index < -0.39 is 12.2 Å². The maximum absolute atomic E-state index is 9.44. The van der Waals surface area contributed by atoms with Crippen LogP contribution < -0.4 is 0 Å². The van der Waals surface area contributed by atoms with Gasteiger partial charge >= 0.3 is 0 Å². The van der Waals surface area contributed by atoms with Gasteiger partial charge in [0.1, 0.15) is 12.2 Å². The van der Waals surface area contributed by atoms with Gasteiger partial charge in [-0.15, -0.1) is 12.8 Å². The van der Waals surface area contributed by atoms with E-state index in [1.165, 1.54) is 0 Å². The first kappa shape index (κ1) is 10.3. The molecule has 0 spiro atoms. The molecule has 1 rings (SSSR count). The lowest BCUT2D eigenvalue weighted by Gasteiger charge is -2.12. The second-order valence-corrected chi connectivity index (χ2v) is 2.77. The molecule has 0 amide bonds. The van der Waals surface area contributed by atoms with Gasteiger partial charge in [-0.25, -0.2) is 0 Å². The highest BCUT2D eigenvalue weighted by Gasteiger charge is 2.13. The van der Waals surface area contributed by atoms with Crippen molar-refractivity contribution >= 4 is 0 Å². The second-order valence-electron chi connectivity index (χ2n) is 2.77. The number of hydrogen-bond acceptors (Lipinski definition) is 2. The Balaban J connectivity index is 3.18. The number of benzene rings is 1. The van der Waals surface area contributed by atoms with Crippen molar-refractivity contribution in [2.24, 2.45) is 0 Å². The summed E-state index contributed by atoms with van der Waals surface area (Å²) in [5.74, 6) is 4.35. The second kappa shape index (κ2) is 4.48. The molecule has 0 saturated heterocycles. The van der Waals surface area contributed by atoms with Crippen LogP contribution in [-0.2, 0) is 0 Å². The molecule has 2 N–H and O–H groups in total. The first-order chi connectivity index (χ1) is 6.70. The minimum atomic E-state index is -1.03. The third kappa shape index (κ3) is 1.95. The summed E-state index contributed by atoms with van der Waals surface area (Å²) in [5.41, 5.74) is 0.945. The predicted molar refractivity (Wildman–Crippen MR) is 54.0 cm³/mol. The fourth-order valence-corrected chi connectivity index (χ4v) is 1.19. The Kier molecular flexibility index (Phi) is 3.31. The Morgan fingerprint density at radius 3 is 1.57 bits per heavy atom. The van der Waals surface area contributed by atoms with Crippen LogP contribution >= 0.6 is 0 Å². The van der Waals surface area contributed by atoms with E-state index in [0.717, 1.165) is 0 Å². The summed E-state index contributed by atoms with van der Waals surface area (Å²) in [4.78, 5) is 0. The van der Waals surface area contributed by atoms with E-state index in [1.807, 2.05) is 0 Å². The number of aliphatic hydroxyl groups excluding tert-OH is 2. The maximum atomic E-state index is 9.44. The smallest absolute Gasteiger partial charge is 0.140 e. The molecular weight excluding hydrogens is 176 g/mol. The summed E-state index contributed by atoms with van der Waals surface area (Å²) < 4.78 is 0. The Bertz CT molecular complexity index is 357. The molecule has 0 bridgehead atoms. The van der Waals surface area contributed by atoms with Crippen LogP contribution in [0.2, 0.25) is 0 Å². The summed E-state index contributed by atoms with van der Waals surface area (Å²) in [6.45, 7) is 0. The molecule has 14 heavy (non-hydrogen) atoms. The molecule has 0 radical (unpaired) electrons.